The third kappa shape index (κ3) is 3.65. The van der Waals surface area contributed by atoms with Crippen molar-refractivity contribution in [3.8, 4) is 5.69 Å². The SMILES string of the molecule is O=C(Cc1ccc(-n2cnnn2)cc1)OC1CCCCC1. The second-order valence-electron chi connectivity index (χ2n) is 5.35. The molecule has 1 aliphatic rings. The molecule has 0 bridgehead atoms. The molecule has 1 heterocycles. The number of nitrogens with zero attached hydrogens (tertiary/aromatic N) is 4. The number of tetrazole rings is 1. The number of hydrogen-bond acceptors (Lipinski definition) is 5. The van der Waals surface area contributed by atoms with Crippen LogP contribution in [0.4, 0.5) is 0 Å². The van der Waals surface area contributed by atoms with Crippen molar-refractivity contribution in [3.63, 3.8) is 0 Å². The van der Waals surface area contributed by atoms with Crippen molar-refractivity contribution >= 4 is 5.97 Å². The molecule has 6 heteroatoms. The maximum Gasteiger partial charge on any atom is 0.310 e. The number of carbonyl (C=O) groups is 1. The lowest BCUT2D eigenvalue weighted by atomic mass is 9.98. The Morgan fingerprint density at radius 1 is 1.19 bits per heavy atom. The Kier molecular flexibility index (Phi) is 4.23. The van der Waals surface area contributed by atoms with E-state index in [2.05, 4.69) is 15.5 Å². The molecule has 0 unspecified atom stereocenters. The van der Waals surface area contributed by atoms with E-state index in [9.17, 15) is 4.79 Å². The largest absolute Gasteiger partial charge is 0.462 e. The molecule has 1 aromatic carbocycles. The van der Waals surface area contributed by atoms with Crippen molar-refractivity contribution in [2.75, 3.05) is 0 Å². The molecule has 2 aromatic rings. The standard InChI is InChI=1S/C15H18N4O2/c20-15(21-14-4-2-1-3-5-14)10-12-6-8-13(9-7-12)19-11-16-17-18-19/h6-9,11,14H,1-5,10H2. The fraction of sp³-hybridized carbons (Fsp3) is 0.467. The quantitative estimate of drug-likeness (QED) is 0.805. The predicted molar refractivity (Wildman–Crippen MR) is 75.8 cm³/mol. The number of carbonyl (C=O) groups excluding carboxylic acids is 1. The summed E-state index contributed by atoms with van der Waals surface area (Å²) in [7, 11) is 0. The zero-order valence-electron chi connectivity index (χ0n) is 11.8. The van der Waals surface area contributed by atoms with Crippen molar-refractivity contribution in [1.29, 1.82) is 0 Å². The molecular formula is C15H18N4O2. The number of ether oxygens (including phenoxy) is 1. The highest BCUT2D eigenvalue weighted by atomic mass is 16.5. The molecule has 21 heavy (non-hydrogen) atoms. The number of benzene rings is 1. The highest BCUT2D eigenvalue weighted by Gasteiger charge is 2.17. The fourth-order valence-electron chi connectivity index (χ4n) is 2.62. The zero-order chi connectivity index (χ0) is 14.5. The van der Waals surface area contributed by atoms with E-state index in [1.807, 2.05) is 24.3 Å². The van der Waals surface area contributed by atoms with Crippen LogP contribution in [0.5, 0.6) is 0 Å². The predicted octanol–water partition coefficient (Wildman–Crippen LogP) is 2.08. The monoisotopic (exact) mass is 286 g/mol. The van der Waals surface area contributed by atoms with Crippen LogP contribution >= 0.6 is 0 Å². The Morgan fingerprint density at radius 3 is 2.62 bits per heavy atom. The van der Waals surface area contributed by atoms with E-state index in [1.54, 1.807) is 4.68 Å². The van der Waals surface area contributed by atoms with E-state index in [-0.39, 0.29) is 12.1 Å². The lowest BCUT2D eigenvalue weighted by molar-refractivity contribution is -0.149. The van der Waals surface area contributed by atoms with Crippen molar-refractivity contribution in [1.82, 2.24) is 20.2 Å². The molecule has 0 spiro atoms. The summed E-state index contributed by atoms with van der Waals surface area (Å²) >= 11 is 0. The minimum Gasteiger partial charge on any atom is -0.462 e. The Morgan fingerprint density at radius 2 is 1.95 bits per heavy atom. The van der Waals surface area contributed by atoms with Gasteiger partial charge in [-0.05, 0) is 53.8 Å². The van der Waals surface area contributed by atoms with E-state index in [0.717, 1.165) is 24.1 Å². The van der Waals surface area contributed by atoms with Gasteiger partial charge >= 0.3 is 5.97 Å². The Bertz CT molecular complexity index is 574. The average Bonchev–Trinajstić information content (AvgIpc) is 3.03. The van der Waals surface area contributed by atoms with Gasteiger partial charge in [0, 0.05) is 0 Å². The van der Waals surface area contributed by atoms with Crippen LogP contribution in [0.1, 0.15) is 37.7 Å². The van der Waals surface area contributed by atoms with Gasteiger partial charge in [0.25, 0.3) is 0 Å². The average molecular weight is 286 g/mol. The van der Waals surface area contributed by atoms with Gasteiger partial charge in [-0.15, -0.1) is 5.10 Å². The Balaban J connectivity index is 1.56. The minimum atomic E-state index is -0.142. The highest BCUT2D eigenvalue weighted by Crippen LogP contribution is 2.20. The van der Waals surface area contributed by atoms with Gasteiger partial charge in [0.05, 0.1) is 12.1 Å². The lowest BCUT2D eigenvalue weighted by Crippen LogP contribution is -2.21. The summed E-state index contributed by atoms with van der Waals surface area (Å²) in [5.41, 5.74) is 1.80. The van der Waals surface area contributed by atoms with Crippen LogP contribution in [0, 0.1) is 0 Å². The highest BCUT2D eigenvalue weighted by molar-refractivity contribution is 5.72. The van der Waals surface area contributed by atoms with Crippen molar-refractivity contribution < 1.29 is 9.53 Å². The molecule has 3 rings (SSSR count). The van der Waals surface area contributed by atoms with E-state index < -0.39 is 0 Å². The lowest BCUT2D eigenvalue weighted by Gasteiger charge is -2.21. The van der Waals surface area contributed by atoms with Gasteiger partial charge in [-0.25, -0.2) is 4.68 Å². The van der Waals surface area contributed by atoms with Crippen LogP contribution in [0.15, 0.2) is 30.6 Å². The number of hydrogen-bond donors (Lipinski definition) is 0. The summed E-state index contributed by atoms with van der Waals surface area (Å²) in [6.07, 6.45) is 7.56. The molecule has 6 nitrogen and oxygen atoms in total. The van der Waals surface area contributed by atoms with E-state index in [0.29, 0.717) is 6.42 Å². The van der Waals surface area contributed by atoms with Crippen LogP contribution < -0.4 is 0 Å². The number of aromatic nitrogens is 4. The normalized spacial score (nSPS) is 15.8. The number of rotatable bonds is 4. The second-order valence-corrected chi connectivity index (χ2v) is 5.35. The molecule has 1 aromatic heterocycles. The molecule has 0 aliphatic heterocycles. The summed E-state index contributed by atoms with van der Waals surface area (Å²) < 4.78 is 7.09. The van der Waals surface area contributed by atoms with Crippen molar-refractivity contribution in [2.45, 2.75) is 44.6 Å². The van der Waals surface area contributed by atoms with E-state index in [1.165, 1.54) is 25.6 Å². The maximum absolute atomic E-state index is 11.9. The smallest absolute Gasteiger partial charge is 0.310 e. The molecule has 1 aliphatic carbocycles. The third-order valence-corrected chi connectivity index (χ3v) is 3.75. The molecule has 0 radical (unpaired) electrons. The molecule has 0 N–H and O–H groups in total. The van der Waals surface area contributed by atoms with Gasteiger partial charge in [-0.3, -0.25) is 4.79 Å². The van der Waals surface area contributed by atoms with Crippen LogP contribution in [0.2, 0.25) is 0 Å². The van der Waals surface area contributed by atoms with Gasteiger partial charge in [-0.2, -0.15) is 0 Å². The first-order valence-electron chi connectivity index (χ1n) is 7.33. The van der Waals surface area contributed by atoms with Gasteiger partial charge in [0.15, 0.2) is 0 Å². The molecule has 1 saturated carbocycles. The molecule has 1 fully saturated rings. The Labute approximate surface area is 123 Å². The van der Waals surface area contributed by atoms with Crippen LogP contribution in [0.3, 0.4) is 0 Å². The fourth-order valence-corrected chi connectivity index (χ4v) is 2.62. The van der Waals surface area contributed by atoms with Crippen LogP contribution in [-0.4, -0.2) is 32.3 Å². The van der Waals surface area contributed by atoms with Crippen molar-refractivity contribution in [3.05, 3.63) is 36.2 Å². The third-order valence-electron chi connectivity index (χ3n) is 3.75. The van der Waals surface area contributed by atoms with Crippen molar-refractivity contribution in [2.24, 2.45) is 0 Å². The van der Waals surface area contributed by atoms with Crippen LogP contribution in [0.25, 0.3) is 5.69 Å². The summed E-state index contributed by atoms with van der Waals surface area (Å²) in [6, 6.07) is 7.58. The molecule has 110 valence electrons. The number of esters is 1. The van der Waals surface area contributed by atoms with E-state index >= 15 is 0 Å². The topological polar surface area (TPSA) is 69.9 Å². The second kappa shape index (κ2) is 6.47. The zero-order valence-corrected chi connectivity index (χ0v) is 11.8. The van der Waals surface area contributed by atoms with Gasteiger partial charge in [-0.1, -0.05) is 18.6 Å². The minimum absolute atomic E-state index is 0.117. The first-order valence-corrected chi connectivity index (χ1v) is 7.33. The maximum atomic E-state index is 11.9. The van der Waals surface area contributed by atoms with E-state index in [4.69, 9.17) is 4.74 Å². The Hall–Kier alpha value is -2.24. The molecule has 0 atom stereocenters. The summed E-state index contributed by atoms with van der Waals surface area (Å²) in [4.78, 5) is 11.9. The van der Waals surface area contributed by atoms with Gasteiger partial charge in [0.2, 0.25) is 0 Å². The molecule has 0 amide bonds. The van der Waals surface area contributed by atoms with Gasteiger partial charge < -0.3 is 4.74 Å². The first-order chi connectivity index (χ1) is 10.3. The first kappa shape index (κ1) is 13.7. The molecule has 0 saturated heterocycles. The summed E-state index contributed by atoms with van der Waals surface area (Å²) in [6.45, 7) is 0. The molecular weight excluding hydrogens is 268 g/mol. The van der Waals surface area contributed by atoms with Crippen LogP contribution in [-0.2, 0) is 16.0 Å². The summed E-state index contributed by atoms with van der Waals surface area (Å²) in [5.74, 6) is -0.142. The van der Waals surface area contributed by atoms with Gasteiger partial charge in [0.1, 0.15) is 12.4 Å². The summed E-state index contributed by atoms with van der Waals surface area (Å²) in [5, 5.41) is 11.0.